The van der Waals surface area contributed by atoms with Crippen LogP contribution in [0, 0.1) is 0 Å². The van der Waals surface area contributed by atoms with Crippen LogP contribution in [0.25, 0.3) is 0 Å². The van der Waals surface area contributed by atoms with Gasteiger partial charge in [-0.2, -0.15) is 0 Å². The van der Waals surface area contributed by atoms with Gasteiger partial charge in [-0.15, -0.1) is 0 Å². The average molecular weight is 307 g/mol. The Morgan fingerprint density at radius 3 is 2.82 bits per heavy atom. The number of hydrogen-bond donors (Lipinski definition) is 1. The number of nitrogens with one attached hydrogen (secondary N) is 1. The zero-order valence-electron chi connectivity index (χ0n) is 14.4. The van der Waals surface area contributed by atoms with Gasteiger partial charge >= 0.3 is 6.09 Å². The summed E-state index contributed by atoms with van der Waals surface area (Å²) >= 11 is 0. The summed E-state index contributed by atoms with van der Waals surface area (Å²) in [5.74, 6) is 0. The SMILES string of the molecule is C[C@@H](c1ccc[nH]1)N1CCC[C@H](N(C)C(=O)OC(C)(C)C)C1. The van der Waals surface area contributed by atoms with Crippen LogP contribution in [0.15, 0.2) is 18.3 Å². The molecule has 5 heteroatoms. The van der Waals surface area contributed by atoms with Crippen LogP contribution in [0.1, 0.15) is 52.3 Å². The lowest BCUT2D eigenvalue weighted by molar-refractivity contribution is 0.0104. The summed E-state index contributed by atoms with van der Waals surface area (Å²) in [4.78, 5) is 19.7. The zero-order chi connectivity index (χ0) is 16.3. The minimum absolute atomic E-state index is 0.209. The smallest absolute Gasteiger partial charge is 0.410 e. The number of rotatable bonds is 3. The summed E-state index contributed by atoms with van der Waals surface area (Å²) in [7, 11) is 1.85. The molecule has 124 valence electrons. The molecule has 0 aliphatic carbocycles. The van der Waals surface area contributed by atoms with E-state index in [0.717, 1.165) is 25.9 Å². The molecule has 1 aromatic rings. The van der Waals surface area contributed by atoms with Gasteiger partial charge in [-0.3, -0.25) is 4.90 Å². The van der Waals surface area contributed by atoms with Gasteiger partial charge in [0.05, 0.1) is 0 Å². The van der Waals surface area contributed by atoms with Crippen LogP contribution in [0.5, 0.6) is 0 Å². The Balaban J connectivity index is 1.96. The van der Waals surface area contributed by atoms with Crippen molar-refractivity contribution in [2.75, 3.05) is 20.1 Å². The highest BCUT2D eigenvalue weighted by molar-refractivity contribution is 5.68. The Morgan fingerprint density at radius 2 is 2.23 bits per heavy atom. The summed E-state index contributed by atoms with van der Waals surface area (Å²) in [6, 6.07) is 4.69. The first kappa shape index (κ1) is 16.9. The second-order valence-corrected chi connectivity index (χ2v) is 7.18. The van der Waals surface area contributed by atoms with Crippen molar-refractivity contribution < 1.29 is 9.53 Å². The highest BCUT2D eigenvalue weighted by atomic mass is 16.6. The van der Waals surface area contributed by atoms with Crippen LogP contribution in [0.3, 0.4) is 0 Å². The van der Waals surface area contributed by atoms with E-state index >= 15 is 0 Å². The lowest BCUT2D eigenvalue weighted by Crippen LogP contribution is -2.50. The number of ether oxygens (including phenoxy) is 1. The fourth-order valence-electron chi connectivity index (χ4n) is 2.93. The predicted octanol–water partition coefficient (Wildman–Crippen LogP) is 3.41. The molecule has 22 heavy (non-hydrogen) atoms. The Labute approximate surface area is 133 Å². The standard InChI is InChI=1S/C17H29N3O2/c1-13(15-9-6-10-18-15)20-11-7-8-14(12-20)19(5)16(21)22-17(2,3)4/h6,9-10,13-14,18H,7-8,11-12H2,1-5H3/t13-,14-/m0/s1. The van der Waals surface area contributed by atoms with Crippen molar-refractivity contribution >= 4 is 6.09 Å². The van der Waals surface area contributed by atoms with E-state index in [1.54, 1.807) is 4.90 Å². The van der Waals surface area contributed by atoms with Crippen LogP contribution >= 0.6 is 0 Å². The molecule has 1 fully saturated rings. The van der Waals surface area contributed by atoms with E-state index < -0.39 is 5.60 Å². The number of nitrogens with zero attached hydrogens (tertiary/aromatic N) is 2. The van der Waals surface area contributed by atoms with Crippen molar-refractivity contribution in [3.05, 3.63) is 24.0 Å². The minimum Gasteiger partial charge on any atom is -0.444 e. The number of carbonyl (C=O) groups excluding carboxylic acids is 1. The van der Waals surface area contributed by atoms with Crippen LogP contribution in [-0.4, -0.2) is 52.7 Å². The van der Waals surface area contributed by atoms with Crippen LogP contribution in [0.2, 0.25) is 0 Å². The van der Waals surface area contributed by atoms with Gasteiger partial charge in [0.2, 0.25) is 0 Å². The Bertz CT molecular complexity index is 479. The summed E-state index contributed by atoms with van der Waals surface area (Å²) < 4.78 is 5.48. The second-order valence-electron chi connectivity index (χ2n) is 7.18. The van der Waals surface area contributed by atoms with Gasteiger partial charge in [0.15, 0.2) is 0 Å². The monoisotopic (exact) mass is 307 g/mol. The van der Waals surface area contributed by atoms with Crippen molar-refractivity contribution in [3.8, 4) is 0 Å². The number of amides is 1. The quantitative estimate of drug-likeness (QED) is 0.931. The molecule has 1 N–H and O–H groups in total. The lowest BCUT2D eigenvalue weighted by Gasteiger charge is -2.40. The number of hydrogen-bond acceptors (Lipinski definition) is 3. The van der Waals surface area contributed by atoms with Gasteiger partial charge in [-0.05, 0) is 59.2 Å². The molecule has 1 saturated heterocycles. The number of likely N-dealkylation sites (tertiary alicyclic amines) is 1. The van der Waals surface area contributed by atoms with Crippen molar-refractivity contribution in [1.82, 2.24) is 14.8 Å². The minimum atomic E-state index is -0.447. The molecule has 0 aromatic carbocycles. The van der Waals surface area contributed by atoms with Crippen molar-refractivity contribution in [1.29, 1.82) is 0 Å². The van der Waals surface area contributed by atoms with Crippen molar-refractivity contribution in [3.63, 3.8) is 0 Å². The van der Waals surface area contributed by atoms with Crippen molar-refractivity contribution in [2.24, 2.45) is 0 Å². The fourth-order valence-corrected chi connectivity index (χ4v) is 2.93. The maximum Gasteiger partial charge on any atom is 0.410 e. The van der Waals surface area contributed by atoms with E-state index in [9.17, 15) is 4.79 Å². The maximum absolute atomic E-state index is 12.2. The molecule has 2 heterocycles. The molecule has 1 amide bonds. The topological polar surface area (TPSA) is 48.6 Å². The molecule has 1 aliphatic rings. The predicted molar refractivity (Wildman–Crippen MR) is 87.8 cm³/mol. The number of aromatic nitrogens is 1. The average Bonchev–Trinajstić information content (AvgIpc) is 2.98. The van der Waals surface area contributed by atoms with Crippen LogP contribution in [-0.2, 0) is 4.74 Å². The molecular weight excluding hydrogens is 278 g/mol. The largest absolute Gasteiger partial charge is 0.444 e. The summed E-state index contributed by atoms with van der Waals surface area (Å²) in [5, 5.41) is 0. The highest BCUT2D eigenvalue weighted by Gasteiger charge is 2.31. The molecule has 0 spiro atoms. The number of piperidine rings is 1. The molecule has 0 unspecified atom stereocenters. The van der Waals surface area contributed by atoms with Gasteiger partial charge in [0.25, 0.3) is 0 Å². The number of likely N-dealkylation sites (N-methyl/N-ethyl adjacent to an activating group) is 1. The Kier molecular flexibility index (Phi) is 5.16. The molecular formula is C17H29N3O2. The molecule has 0 radical (unpaired) electrons. The van der Waals surface area contributed by atoms with E-state index in [1.807, 2.05) is 40.1 Å². The Morgan fingerprint density at radius 1 is 1.50 bits per heavy atom. The fraction of sp³-hybridized carbons (Fsp3) is 0.706. The van der Waals surface area contributed by atoms with Gasteiger partial charge < -0.3 is 14.6 Å². The Hall–Kier alpha value is -1.49. The third-order valence-electron chi connectivity index (χ3n) is 4.28. The molecule has 2 atom stereocenters. The maximum atomic E-state index is 12.2. The van der Waals surface area contributed by atoms with Gasteiger partial charge in [0, 0.05) is 37.6 Å². The first-order chi connectivity index (χ1) is 10.3. The first-order valence-corrected chi connectivity index (χ1v) is 8.11. The number of carbonyl (C=O) groups is 1. The molecule has 5 nitrogen and oxygen atoms in total. The van der Waals surface area contributed by atoms with E-state index in [0.29, 0.717) is 6.04 Å². The van der Waals surface area contributed by atoms with Gasteiger partial charge in [0.1, 0.15) is 5.60 Å². The third kappa shape index (κ3) is 4.26. The number of aromatic amines is 1. The second kappa shape index (κ2) is 6.73. The first-order valence-electron chi connectivity index (χ1n) is 8.11. The molecule has 2 rings (SSSR count). The van der Waals surface area contributed by atoms with E-state index in [-0.39, 0.29) is 12.1 Å². The summed E-state index contributed by atoms with van der Waals surface area (Å²) in [5.41, 5.74) is 0.776. The third-order valence-corrected chi connectivity index (χ3v) is 4.28. The normalized spacial score (nSPS) is 21.4. The summed E-state index contributed by atoms with van der Waals surface area (Å²) in [6.45, 7) is 9.87. The lowest BCUT2D eigenvalue weighted by atomic mass is 10.0. The van der Waals surface area contributed by atoms with E-state index in [2.05, 4.69) is 22.9 Å². The number of H-pyrrole nitrogens is 1. The zero-order valence-corrected chi connectivity index (χ0v) is 14.4. The van der Waals surface area contributed by atoms with E-state index in [1.165, 1.54) is 5.69 Å². The van der Waals surface area contributed by atoms with Crippen molar-refractivity contribution in [2.45, 2.75) is 58.2 Å². The van der Waals surface area contributed by atoms with Crippen LogP contribution in [0.4, 0.5) is 4.79 Å². The van der Waals surface area contributed by atoms with Crippen LogP contribution < -0.4 is 0 Å². The highest BCUT2D eigenvalue weighted by Crippen LogP contribution is 2.25. The molecule has 1 aliphatic heterocycles. The summed E-state index contributed by atoms with van der Waals surface area (Å²) in [6.07, 6.45) is 3.86. The molecule has 0 saturated carbocycles. The van der Waals surface area contributed by atoms with E-state index in [4.69, 9.17) is 4.74 Å². The molecule has 1 aromatic heterocycles. The van der Waals surface area contributed by atoms with Gasteiger partial charge in [-0.1, -0.05) is 0 Å². The molecule has 0 bridgehead atoms. The van der Waals surface area contributed by atoms with Gasteiger partial charge in [-0.25, -0.2) is 4.79 Å².